The number of nitrogens with one attached hydrogen (secondary N) is 1. The SMILES string of the molecule is O=C1C[N+]2=C(CN1)[N]C=C2. The van der Waals surface area contributed by atoms with E-state index in [-0.39, 0.29) is 5.91 Å². The number of rotatable bonds is 0. The molecule has 0 aliphatic carbocycles. The summed E-state index contributed by atoms with van der Waals surface area (Å²) in [6.45, 7) is 0.973. The van der Waals surface area contributed by atoms with Gasteiger partial charge in [0, 0.05) is 0 Å². The summed E-state index contributed by atoms with van der Waals surface area (Å²) in [4.78, 5) is 10.8. The topological polar surface area (TPSA) is 46.2 Å². The maximum Gasteiger partial charge on any atom is 0.318 e. The minimum absolute atomic E-state index is 0.0606. The molecule has 2 rings (SSSR count). The van der Waals surface area contributed by atoms with E-state index in [1.807, 2.05) is 10.8 Å². The number of hydrogen-bond acceptors (Lipinski definition) is 1. The fraction of sp³-hybridized carbons (Fsp3) is 0.333. The Bertz CT molecular complexity index is 241. The number of hydrogen-bond donors (Lipinski definition) is 1. The van der Waals surface area contributed by atoms with Crippen molar-refractivity contribution in [2.75, 3.05) is 13.1 Å². The average Bonchev–Trinajstić information content (AvgIpc) is 2.33. The molecular weight excluding hydrogens is 130 g/mol. The molecule has 0 atom stereocenters. The third-order valence-corrected chi connectivity index (χ3v) is 1.56. The van der Waals surface area contributed by atoms with Gasteiger partial charge in [0.2, 0.25) is 0 Å². The van der Waals surface area contributed by atoms with Gasteiger partial charge >= 0.3 is 5.84 Å². The number of amidine groups is 1. The molecule has 2 aliphatic rings. The quantitative estimate of drug-likeness (QED) is 0.411. The molecular formula is C6H7N3O+. The molecule has 4 heteroatoms. The fourth-order valence-corrected chi connectivity index (χ4v) is 1.04. The minimum atomic E-state index is 0.0606. The van der Waals surface area contributed by atoms with Crippen LogP contribution in [0.1, 0.15) is 0 Å². The van der Waals surface area contributed by atoms with Gasteiger partial charge in [-0.1, -0.05) is 0 Å². The lowest BCUT2D eigenvalue weighted by atomic mass is 10.4. The molecule has 0 unspecified atom stereocenters. The molecule has 0 aromatic rings. The fourth-order valence-electron chi connectivity index (χ4n) is 1.04. The van der Waals surface area contributed by atoms with Crippen LogP contribution in [0.25, 0.3) is 0 Å². The first-order valence-electron chi connectivity index (χ1n) is 3.13. The molecule has 0 bridgehead atoms. The molecule has 0 saturated carbocycles. The molecule has 1 N–H and O–H groups in total. The Hall–Kier alpha value is -1.32. The highest BCUT2D eigenvalue weighted by Crippen LogP contribution is 1.94. The van der Waals surface area contributed by atoms with Crippen molar-refractivity contribution in [3.05, 3.63) is 12.4 Å². The van der Waals surface area contributed by atoms with Crippen LogP contribution in [0.2, 0.25) is 0 Å². The Kier molecular flexibility index (Phi) is 1.00. The highest BCUT2D eigenvalue weighted by Gasteiger charge is 2.26. The first-order valence-corrected chi connectivity index (χ1v) is 3.13. The number of carbonyl (C=O) groups excluding carboxylic acids is 1. The van der Waals surface area contributed by atoms with Crippen LogP contribution in [-0.2, 0) is 4.79 Å². The summed E-state index contributed by atoms with van der Waals surface area (Å²) in [7, 11) is 0. The van der Waals surface area contributed by atoms with Gasteiger partial charge in [0.05, 0.1) is 0 Å². The van der Waals surface area contributed by atoms with Crippen molar-refractivity contribution in [1.29, 1.82) is 0 Å². The molecule has 2 aliphatic heterocycles. The van der Waals surface area contributed by atoms with E-state index in [9.17, 15) is 4.79 Å². The maximum absolute atomic E-state index is 10.8. The second-order valence-electron chi connectivity index (χ2n) is 2.25. The largest absolute Gasteiger partial charge is 0.341 e. The molecule has 0 aromatic heterocycles. The zero-order chi connectivity index (χ0) is 6.97. The van der Waals surface area contributed by atoms with E-state index in [1.54, 1.807) is 6.20 Å². The highest BCUT2D eigenvalue weighted by molar-refractivity contribution is 5.90. The summed E-state index contributed by atoms with van der Waals surface area (Å²) in [5, 5.41) is 6.74. The van der Waals surface area contributed by atoms with Crippen molar-refractivity contribution in [3.63, 3.8) is 0 Å². The normalized spacial score (nSPS) is 22.2. The predicted molar refractivity (Wildman–Crippen MR) is 34.4 cm³/mol. The molecule has 10 heavy (non-hydrogen) atoms. The van der Waals surface area contributed by atoms with Crippen LogP contribution in [-0.4, -0.2) is 29.4 Å². The summed E-state index contributed by atoms with van der Waals surface area (Å²) in [5.74, 6) is 0.991. The Balaban J connectivity index is 2.27. The summed E-state index contributed by atoms with van der Waals surface area (Å²) < 4.78 is 1.85. The van der Waals surface area contributed by atoms with Crippen LogP contribution < -0.4 is 10.6 Å². The van der Waals surface area contributed by atoms with Gasteiger partial charge in [0.1, 0.15) is 12.7 Å². The van der Waals surface area contributed by atoms with Crippen LogP contribution in [0, 0.1) is 0 Å². The molecule has 0 aromatic carbocycles. The Morgan fingerprint density at radius 3 is 3.50 bits per heavy atom. The smallest absolute Gasteiger partial charge is 0.318 e. The van der Waals surface area contributed by atoms with Gasteiger partial charge in [-0.05, 0) is 5.32 Å². The molecule has 51 valence electrons. The molecule has 1 radical (unpaired) electrons. The van der Waals surface area contributed by atoms with Crippen molar-refractivity contribution >= 4 is 11.7 Å². The third-order valence-electron chi connectivity index (χ3n) is 1.56. The van der Waals surface area contributed by atoms with Crippen molar-refractivity contribution in [2.45, 2.75) is 0 Å². The van der Waals surface area contributed by atoms with Crippen LogP contribution in [0.4, 0.5) is 0 Å². The van der Waals surface area contributed by atoms with Gasteiger partial charge in [-0.15, -0.1) is 0 Å². The van der Waals surface area contributed by atoms with Crippen LogP contribution in [0.3, 0.4) is 0 Å². The monoisotopic (exact) mass is 137 g/mol. The van der Waals surface area contributed by atoms with Gasteiger partial charge in [0.15, 0.2) is 12.7 Å². The Labute approximate surface area is 58.2 Å². The van der Waals surface area contributed by atoms with Crippen LogP contribution >= 0.6 is 0 Å². The van der Waals surface area contributed by atoms with E-state index in [0.29, 0.717) is 13.1 Å². The van der Waals surface area contributed by atoms with Gasteiger partial charge < -0.3 is 5.32 Å². The van der Waals surface area contributed by atoms with Crippen LogP contribution in [0.5, 0.6) is 0 Å². The average molecular weight is 137 g/mol. The highest BCUT2D eigenvalue weighted by atomic mass is 16.2. The summed E-state index contributed by atoms with van der Waals surface area (Å²) >= 11 is 0. The zero-order valence-corrected chi connectivity index (χ0v) is 5.37. The van der Waals surface area contributed by atoms with E-state index in [0.717, 1.165) is 5.84 Å². The first kappa shape index (κ1) is 5.46. The Morgan fingerprint density at radius 2 is 2.60 bits per heavy atom. The number of nitrogens with zero attached hydrogens (tertiary/aromatic N) is 2. The van der Waals surface area contributed by atoms with Crippen molar-refractivity contribution in [2.24, 2.45) is 0 Å². The number of amides is 1. The second kappa shape index (κ2) is 1.83. The molecule has 1 amide bonds. The van der Waals surface area contributed by atoms with Gasteiger partial charge in [-0.25, -0.2) is 4.58 Å². The number of carbonyl (C=O) groups is 1. The molecule has 0 saturated heterocycles. The first-order chi connectivity index (χ1) is 4.86. The van der Waals surface area contributed by atoms with E-state index < -0.39 is 0 Å². The van der Waals surface area contributed by atoms with Crippen molar-refractivity contribution < 1.29 is 9.37 Å². The lowest BCUT2D eigenvalue weighted by Crippen LogP contribution is -2.44. The second-order valence-corrected chi connectivity index (χ2v) is 2.25. The van der Waals surface area contributed by atoms with E-state index in [1.165, 1.54) is 0 Å². The summed E-state index contributed by atoms with van der Waals surface area (Å²) in [6.07, 6.45) is 3.52. The predicted octanol–water partition coefficient (Wildman–Crippen LogP) is -1.38. The van der Waals surface area contributed by atoms with Crippen molar-refractivity contribution in [1.82, 2.24) is 10.6 Å². The molecule has 0 fully saturated rings. The zero-order valence-electron chi connectivity index (χ0n) is 5.37. The lowest BCUT2D eigenvalue weighted by molar-refractivity contribution is -0.446. The summed E-state index contributed by atoms with van der Waals surface area (Å²) in [6, 6.07) is 0. The van der Waals surface area contributed by atoms with E-state index in [4.69, 9.17) is 0 Å². The van der Waals surface area contributed by atoms with Gasteiger partial charge in [0.25, 0.3) is 5.91 Å². The van der Waals surface area contributed by atoms with Gasteiger partial charge in [-0.2, -0.15) is 0 Å². The maximum atomic E-state index is 10.8. The molecule has 4 nitrogen and oxygen atoms in total. The minimum Gasteiger partial charge on any atom is -0.341 e. The Morgan fingerprint density at radius 1 is 1.70 bits per heavy atom. The van der Waals surface area contributed by atoms with Gasteiger partial charge in [-0.3, -0.25) is 4.79 Å². The standard InChI is InChI=1S/C6H6N3O/c10-6-4-9-2-1-7-5(9)3-8-6/h1-2H,3-4H2/p+1. The third kappa shape index (κ3) is 0.689. The van der Waals surface area contributed by atoms with Crippen LogP contribution in [0.15, 0.2) is 12.4 Å². The van der Waals surface area contributed by atoms with Crippen molar-refractivity contribution in [3.8, 4) is 0 Å². The molecule has 2 heterocycles. The molecule has 0 spiro atoms. The lowest BCUT2D eigenvalue weighted by Gasteiger charge is -2.07. The van der Waals surface area contributed by atoms with E-state index >= 15 is 0 Å². The van der Waals surface area contributed by atoms with E-state index in [2.05, 4.69) is 10.6 Å². The summed E-state index contributed by atoms with van der Waals surface area (Å²) in [5.41, 5.74) is 0.